The highest BCUT2D eigenvalue weighted by Gasteiger charge is 2.02. The molecular weight excluding hydrogens is 280 g/mol. The van der Waals surface area contributed by atoms with E-state index in [-0.39, 0.29) is 5.63 Å². The summed E-state index contributed by atoms with van der Waals surface area (Å²) in [6.45, 7) is 1.14. The van der Waals surface area contributed by atoms with E-state index >= 15 is 0 Å². The summed E-state index contributed by atoms with van der Waals surface area (Å²) in [5.74, 6) is 1.57. The summed E-state index contributed by atoms with van der Waals surface area (Å²) in [6.07, 6.45) is 3.24. The van der Waals surface area contributed by atoms with Gasteiger partial charge in [-0.25, -0.2) is 4.79 Å². The Morgan fingerprint density at radius 2 is 1.73 bits per heavy atom. The van der Waals surface area contributed by atoms with Crippen LogP contribution in [0.25, 0.3) is 10.8 Å². The van der Waals surface area contributed by atoms with Crippen molar-refractivity contribution in [3.63, 3.8) is 0 Å². The SMILES string of the molecule is O=c1o[c]cc2cc(OCCCOc3ccccc3)ccc12. The van der Waals surface area contributed by atoms with Gasteiger partial charge in [-0.05, 0) is 41.8 Å². The van der Waals surface area contributed by atoms with E-state index in [2.05, 4.69) is 6.26 Å². The zero-order valence-corrected chi connectivity index (χ0v) is 12.0. The lowest BCUT2D eigenvalue weighted by molar-refractivity contribution is 0.247. The predicted octanol–water partition coefficient (Wildman–Crippen LogP) is 3.44. The van der Waals surface area contributed by atoms with Crippen molar-refractivity contribution in [3.05, 3.63) is 71.3 Å². The fourth-order valence-electron chi connectivity index (χ4n) is 2.09. The van der Waals surface area contributed by atoms with Gasteiger partial charge in [-0.2, -0.15) is 0 Å². The molecule has 0 fully saturated rings. The van der Waals surface area contributed by atoms with E-state index in [1.807, 2.05) is 30.3 Å². The molecule has 1 heterocycles. The highest BCUT2D eigenvalue weighted by molar-refractivity contribution is 5.82. The normalized spacial score (nSPS) is 10.5. The summed E-state index contributed by atoms with van der Waals surface area (Å²) in [6, 6.07) is 16.6. The van der Waals surface area contributed by atoms with Crippen LogP contribution in [0, 0.1) is 6.26 Å². The van der Waals surface area contributed by atoms with Gasteiger partial charge in [0.2, 0.25) is 0 Å². The Bertz CT molecular complexity index is 793. The van der Waals surface area contributed by atoms with Crippen molar-refractivity contribution < 1.29 is 13.9 Å². The minimum absolute atomic E-state index is 0.389. The molecule has 0 aliphatic heterocycles. The molecule has 3 aromatic rings. The average molecular weight is 295 g/mol. The Morgan fingerprint density at radius 3 is 2.55 bits per heavy atom. The lowest BCUT2D eigenvalue weighted by Crippen LogP contribution is -2.05. The first-order valence-electron chi connectivity index (χ1n) is 7.07. The van der Waals surface area contributed by atoms with Gasteiger partial charge in [0.15, 0.2) is 6.26 Å². The molecule has 0 aliphatic carbocycles. The first-order chi connectivity index (χ1) is 10.8. The molecule has 0 amide bonds. The Hall–Kier alpha value is -2.75. The zero-order chi connectivity index (χ0) is 15.2. The standard InChI is InChI=1S/C18H15O4/c19-18-17-8-7-16(13-14(17)9-12-22-18)21-11-4-10-20-15-5-2-1-3-6-15/h1-3,5-9,13H,4,10-11H2. The summed E-state index contributed by atoms with van der Waals surface area (Å²) in [5.41, 5.74) is -0.389. The first kappa shape index (κ1) is 14.2. The third kappa shape index (κ3) is 3.47. The van der Waals surface area contributed by atoms with Gasteiger partial charge in [0, 0.05) is 6.42 Å². The minimum atomic E-state index is -0.389. The number of fused-ring (bicyclic) bond motifs is 1. The van der Waals surface area contributed by atoms with E-state index in [1.165, 1.54) is 0 Å². The summed E-state index contributed by atoms with van der Waals surface area (Å²) in [7, 11) is 0. The van der Waals surface area contributed by atoms with Crippen LogP contribution in [0.2, 0.25) is 0 Å². The maximum atomic E-state index is 11.5. The van der Waals surface area contributed by atoms with E-state index in [0.29, 0.717) is 24.3 Å². The molecule has 0 saturated carbocycles. The van der Waals surface area contributed by atoms with Crippen LogP contribution in [0.3, 0.4) is 0 Å². The van der Waals surface area contributed by atoms with Crippen molar-refractivity contribution in [3.8, 4) is 11.5 Å². The van der Waals surface area contributed by atoms with Gasteiger partial charge in [0.05, 0.1) is 18.6 Å². The summed E-state index contributed by atoms with van der Waals surface area (Å²) < 4.78 is 16.0. The Kier molecular flexibility index (Phi) is 4.39. The minimum Gasteiger partial charge on any atom is -0.493 e. The Labute approximate surface area is 127 Å². The average Bonchev–Trinajstić information content (AvgIpc) is 2.56. The van der Waals surface area contributed by atoms with Crippen LogP contribution < -0.4 is 15.1 Å². The summed E-state index contributed by atoms with van der Waals surface area (Å²) >= 11 is 0. The lowest BCUT2D eigenvalue weighted by atomic mass is 10.2. The van der Waals surface area contributed by atoms with Gasteiger partial charge in [-0.1, -0.05) is 18.2 Å². The molecule has 3 rings (SSSR count). The Morgan fingerprint density at radius 1 is 0.955 bits per heavy atom. The number of hydrogen-bond acceptors (Lipinski definition) is 4. The van der Waals surface area contributed by atoms with Crippen molar-refractivity contribution in [2.75, 3.05) is 13.2 Å². The largest absolute Gasteiger partial charge is 0.493 e. The molecule has 0 bridgehead atoms. The maximum absolute atomic E-state index is 11.5. The van der Waals surface area contributed by atoms with Crippen LogP contribution in [0.5, 0.6) is 11.5 Å². The van der Waals surface area contributed by atoms with Crippen LogP contribution in [0.15, 0.2) is 63.8 Å². The smallest absolute Gasteiger partial charge is 0.344 e. The molecule has 0 spiro atoms. The zero-order valence-electron chi connectivity index (χ0n) is 12.0. The molecule has 22 heavy (non-hydrogen) atoms. The van der Waals surface area contributed by atoms with Crippen molar-refractivity contribution in [2.24, 2.45) is 0 Å². The monoisotopic (exact) mass is 295 g/mol. The van der Waals surface area contributed by atoms with Crippen LogP contribution in [-0.4, -0.2) is 13.2 Å². The molecule has 111 valence electrons. The van der Waals surface area contributed by atoms with Crippen LogP contribution in [0.4, 0.5) is 0 Å². The van der Waals surface area contributed by atoms with Gasteiger partial charge >= 0.3 is 5.63 Å². The van der Waals surface area contributed by atoms with Gasteiger partial charge in [0.25, 0.3) is 0 Å². The maximum Gasteiger partial charge on any atom is 0.344 e. The van der Waals surface area contributed by atoms with E-state index in [4.69, 9.17) is 13.9 Å². The van der Waals surface area contributed by atoms with E-state index in [0.717, 1.165) is 17.6 Å². The number of benzene rings is 2. The predicted molar refractivity (Wildman–Crippen MR) is 83.4 cm³/mol. The molecule has 4 nitrogen and oxygen atoms in total. The molecule has 0 unspecified atom stereocenters. The van der Waals surface area contributed by atoms with E-state index in [9.17, 15) is 4.79 Å². The molecule has 0 N–H and O–H groups in total. The molecule has 1 aromatic heterocycles. The number of hydrogen-bond donors (Lipinski definition) is 0. The van der Waals surface area contributed by atoms with Gasteiger partial charge in [-0.3, -0.25) is 0 Å². The van der Waals surface area contributed by atoms with Crippen LogP contribution in [0.1, 0.15) is 6.42 Å². The van der Waals surface area contributed by atoms with Gasteiger partial charge in [0.1, 0.15) is 11.5 Å². The molecule has 0 saturated heterocycles. The third-order valence-electron chi connectivity index (χ3n) is 3.18. The summed E-state index contributed by atoms with van der Waals surface area (Å²) in [4.78, 5) is 11.5. The molecular formula is C18H15O4. The number of rotatable bonds is 6. The van der Waals surface area contributed by atoms with E-state index in [1.54, 1.807) is 24.3 Å². The van der Waals surface area contributed by atoms with Gasteiger partial charge < -0.3 is 13.9 Å². The van der Waals surface area contributed by atoms with Gasteiger partial charge in [-0.15, -0.1) is 0 Å². The van der Waals surface area contributed by atoms with Crippen LogP contribution in [-0.2, 0) is 0 Å². The molecule has 1 radical (unpaired) electrons. The van der Waals surface area contributed by atoms with Crippen molar-refractivity contribution in [1.82, 2.24) is 0 Å². The highest BCUT2D eigenvalue weighted by Crippen LogP contribution is 2.18. The number of para-hydroxylation sites is 1. The second kappa shape index (κ2) is 6.80. The van der Waals surface area contributed by atoms with Crippen molar-refractivity contribution in [2.45, 2.75) is 6.42 Å². The molecule has 0 aliphatic rings. The third-order valence-corrected chi connectivity index (χ3v) is 3.18. The second-order valence-electron chi connectivity index (χ2n) is 4.76. The molecule has 4 heteroatoms. The van der Waals surface area contributed by atoms with Crippen molar-refractivity contribution in [1.29, 1.82) is 0 Å². The number of ether oxygens (including phenoxy) is 2. The Balaban J connectivity index is 1.50. The molecule has 0 atom stereocenters. The summed E-state index contributed by atoms with van der Waals surface area (Å²) in [5, 5.41) is 1.28. The fraction of sp³-hybridized carbons (Fsp3) is 0.167. The fourth-order valence-corrected chi connectivity index (χ4v) is 2.09. The van der Waals surface area contributed by atoms with Crippen LogP contribution >= 0.6 is 0 Å². The molecule has 2 aromatic carbocycles. The lowest BCUT2D eigenvalue weighted by Gasteiger charge is -2.08. The highest BCUT2D eigenvalue weighted by atomic mass is 16.5. The quantitative estimate of drug-likeness (QED) is 0.654. The first-order valence-corrected chi connectivity index (χ1v) is 7.07. The van der Waals surface area contributed by atoms with E-state index < -0.39 is 0 Å². The topological polar surface area (TPSA) is 48.7 Å². The second-order valence-corrected chi connectivity index (χ2v) is 4.76. The van der Waals surface area contributed by atoms with Crippen molar-refractivity contribution >= 4 is 10.8 Å².